The lowest BCUT2D eigenvalue weighted by Gasteiger charge is -2.11. The van der Waals surface area contributed by atoms with Crippen molar-refractivity contribution in [1.29, 1.82) is 0 Å². The molecule has 1 heterocycles. The summed E-state index contributed by atoms with van der Waals surface area (Å²) in [6.45, 7) is 2.08. The molecule has 36 heavy (non-hydrogen) atoms. The van der Waals surface area contributed by atoms with Gasteiger partial charge in [0.15, 0.2) is 0 Å². The molecular weight excluding hydrogens is 436 g/mol. The Labute approximate surface area is 210 Å². The number of hydrogen-bond acceptors (Lipinski definition) is 1. The average molecular weight is 461 g/mol. The van der Waals surface area contributed by atoms with Crippen LogP contribution < -0.4 is 0 Å². The first-order chi connectivity index (χ1) is 17.8. The molecule has 0 spiro atoms. The molecule has 7 aromatic rings. The van der Waals surface area contributed by atoms with Crippen molar-refractivity contribution in [3.05, 3.63) is 133 Å². The number of aromatic nitrogens is 2. The van der Waals surface area contributed by atoms with Gasteiger partial charge in [-0.3, -0.25) is 4.57 Å². The molecule has 6 aromatic carbocycles. The van der Waals surface area contributed by atoms with Gasteiger partial charge in [-0.25, -0.2) is 4.98 Å². The fraction of sp³-hybridized carbons (Fsp3) is 0.0294. The Bertz CT molecular complexity index is 1880. The molecule has 7 rings (SSSR count). The van der Waals surface area contributed by atoms with Gasteiger partial charge in [-0.1, -0.05) is 103 Å². The van der Waals surface area contributed by atoms with Gasteiger partial charge in [0.25, 0.3) is 0 Å². The third kappa shape index (κ3) is 3.30. The molecule has 0 saturated carbocycles. The van der Waals surface area contributed by atoms with Crippen molar-refractivity contribution in [3.63, 3.8) is 0 Å². The van der Waals surface area contributed by atoms with E-state index in [-0.39, 0.29) is 0 Å². The highest BCUT2D eigenvalue weighted by atomic mass is 15.1. The molecule has 0 aliphatic carbocycles. The van der Waals surface area contributed by atoms with Gasteiger partial charge in [-0.15, -0.1) is 0 Å². The molecule has 2 heteroatoms. The zero-order valence-electron chi connectivity index (χ0n) is 20.0. The molecule has 0 amide bonds. The van der Waals surface area contributed by atoms with E-state index in [2.05, 4.69) is 139 Å². The number of fused-ring (bicyclic) bond motifs is 3. The molecule has 0 aliphatic heterocycles. The zero-order chi connectivity index (χ0) is 24.1. The second kappa shape index (κ2) is 8.21. The highest BCUT2D eigenvalue weighted by Crippen LogP contribution is 2.33. The van der Waals surface area contributed by atoms with Crippen LogP contribution in [0.15, 0.2) is 127 Å². The van der Waals surface area contributed by atoms with E-state index < -0.39 is 0 Å². The highest BCUT2D eigenvalue weighted by molar-refractivity contribution is 5.99. The van der Waals surface area contributed by atoms with Gasteiger partial charge in [0, 0.05) is 5.69 Å². The molecule has 0 unspecified atom stereocenters. The maximum atomic E-state index is 4.94. The first-order valence-electron chi connectivity index (χ1n) is 12.3. The van der Waals surface area contributed by atoms with Crippen LogP contribution in [0.25, 0.3) is 60.5 Å². The van der Waals surface area contributed by atoms with E-state index in [0.717, 1.165) is 22.5 Å². The van der Waals surface area contributed by atoms with Crippen molar-refractivity contribution in [2.75, 3.05) is 0 Å². The van der Waals surface area contributed by atoms with E-state index in [1.54, 1.807) is 0 Å². The van der Waals surface area contributed by atoms with Gasteiger partial charge in [0.1, 0.15) is 5.82 Å². The van der Waals surface area contributed by atoms with Gasteiger partial charge >= 0.3 is 0 Å². The Morgan fingerprint density at radius 3 is 1.75 bits per heavy atom. The van der Waals surface area contributed by atoms with E-state index >= 15 is 0 Å². The van der Waals surface area contributed by atoms with E-state index in [1.807, 2.05) is 0 Å². The molecule has 0 saturated heterocycles. The summed E-state index contributed by atoms with van der Waals surface area (Å²) < 4.78 is 2.25. The summed E-state index contributed by atoms with van der Waals surface area (Å²) in [5.74, 6) is 0.984. The smallest absolute Gasteiger partial charge is 0.111 e. The van der Waals surface area contributed by atoms with Crippen LogP contribution in [0.3, 0.4) is 0 Å². The van der Waals surface area contributed by atoms with E-state index in [0.29, 0.717) is 0 Å². The predicted molar refractivity (Wildman–Crippen MR) is 152 cm³/mol. The maximum absolute atomic E-state index is 4.94. The Hall–Kier alpha value is -4.69. The SMILES string of the molecule is Cc1nc2cc(-c3cccc4ccccc34)ccc2n1-c1ccc(-c2cccc3ccccc23)cc1. The summed E-state index contributed by atoms with van der Waals surface area (Å²) in [4.78, 5) is 4.94. The third-order valence-electron chi connectivity index (χ3n) is 7.15. The summed E-state index contributed by atoms with van der Waals surface area (Å²) in [7, 11) is 0. The summed E-state index contributed by atoms with van der Waals surface area (Å²) in [6, 6.07) is 45.5. The van der Waals surface area contributed by atoms with Crippen molar-refractivity contribution in [1.82, 2.24) is 9.55 Å². The maximum Gasteiger partial charge on any atom is 0.111 e. The lowest BCUT2D eigenvalue weighted by molar-refractivity contribution is 1.00. The largest absolute Gasteiger partial charge is 0.297 e. The number of nitrogens with zero attached hydrogens (tertiary/aromatic N) is 2. The van der Waals surface area contributed by atoms with E-state index in [9.17, 15) is 0 Å². The van der Waals surface area contributed by atoms with Crippen LogP contribution in [-0.4, -0.2) is 9.55 Å². The van der Waals surface area contributed by atoms with Crippen LogP contribution >= 0.6 is 0 Å². The van der Waals surface area contributed by atoms with E-state index in [1.165, 1.54) is 43.8 Å². The third-order valence-corrected chi connectivity index (χ3v) is 7.15. The van der Waals surface area contributed by atoms with Crippen LogP contribution in [0, 0.1) is 6.92 Å². The number of rotatable bonds is 3. The van der Waals surface area contributed by atoms with Crippen molar-refractivity contribution in [2.45, 2.75) is 6.92 Å². The second-order valence-corrected chi connectivity index (χ2v) is 9.30. The molecule has 2 nitrogen and oxygen atoms in total. The highest BCUT2D eigenvalue weighted by Gasteiger charge is 2.12. The minimum absolute atomic E-state index is 0.984. The molecule has 0 bridgehead atoms. The van der Waals surface area contributed by atoms with Crippen LogP contribution in [0.5, 0.6) is 0 Å². The zero-order valence-corrected chi connectivity index (χ0v) is 20.0. The Kier molecular flexibility index (Phi) is 4.71. The summed E-state index contributed by atoms with van der Waals surface area (Å²) >= 11 is 0. The summed E-state index contributed by atoms with van der Waals surface area (Å²) in [5, 5.41) is 5.05. The summed E-state index contributed by atoms with van der Waals surface area (Å²) in [5.41, 5.74) is 8.15. The standard InChI is InChI=1S/C34H24N2/c1-23-35-33-22-27(32-15-7-11-25-9-3-5-13-30(25)32)18-21-34(33)36(23)28-19-16-26(17-20-28)31-14-6-10-24-8-2-4-12-29(24)31/h2-22H,1H3. The first-order valence-corrected chi connectivity index (χ1v) is 12.3. The van der Waals surface area contributed by atoms with Gasteiger partial charge in [0.05, 0.1) is 11.0 Å². The number of aryl methyl sites for hydroxylation is 1. The van der Waals surface area contributed by atoms with Crippen molar-refractivity contribution < 1.29 is 0 Å². The monoisotopic (exact) mass is 460 g/mol. The quantitative estimate of drug-likeness (QED) is 0.257. The fourth-order valence-electron chi connectivity index (χ4n) is 5.44. The van der Waals surface area contributed by atoms with Crippen LogP contribution in [-0.2, 0) is 0 Å². The Morgan fingerprint density at radius 1 is 0.528 bits per heavy atom. The lowest BCUT2D eigenvalue weighted by Crippen LogP contribution is -1.96. The van der Waals surface area contributed by atoms with Crippen molar-refractivity contribution >= 4 is 32.6 Å². The molecule has 1 aromatic heterocycles. The molecule has 0 aliphatic rings. The van der Waals surface area contributed by atoms with Gasteiger partial charge < -0.3 is 0 Å². The minimum Gasteiger partial charge on any atom is -0.297 e. The first kappa shape index (κ1) is 20.7. The number of hydrogen-bond donors (Lipinski definition) is 0. The lowest BCUT2D eigenvalue weighted by atomic mass is 9.98. The molecule has 0 radical (unpaired) electrons. The Morgan fingerprint density at radius 2 is 1.08 bits per heavy atom. The van der Waals surface area contributed by atoms with Crippen molar-refractivity contribution in [3.8, 4) is 27.9 Å². The molecule has 0 N–H and O–H groups in total. The second-order valence-electron chi connectivity index (χ2n) is 9.30. The molecule has 170 valence electrons. The minimum atomic E-state index is 0.984. The van der Waals surface area contributed by atoms with Crippen LogP contribution in [0.1, 0.15) is 5.82 Å². The van der Waals surface area contributed by atoms with Crippen LogP contribution in [0.4, 0.5) is 0 Å². The van der Waals surface area contributed by atoms with Gasteiger partial charge in [-0.2, -0.15) is 0 Å². The molecule has 0 fully saturated rings. The number of benzene rings is 6. The number of imidazole rings is 1. The van der Waals surface area contributed by atoms with E-state index in [4.69, 9.17) is 4.98 Å². The normalized spacial score (nSPS) is 11.5. The Balaban J connectivity index is 1.31. The van der Waals surface area contributed by atoms with Crippen LogP contribution in [0.2, 0.25) is 0 Å². The van der Waals surface area contributed by atoms with Gasteiger partial charge in [0.2, 0.25) is 0 Å². The topological polar surface area (TPSA) is 17.8 Å². The average Bonchev–Trinajstić information content (AvgIpc) is 3.27. The molecule has 0 atom stereocenters. The molecular formula is C34H24N2. The summed E-state index contributed by atoms with van der Waals surface area (Å²) in [6.07, 6.45) is 0. The predicted octanol–water partition coefficient (Wildman–Crippen LogP) is 8.97. The van der Waals surface area contributed by atoms with Gasteiger partial charge in [-0.05, 0) is 75.0 Å². The fourth-order valence-corrected chi connectivity index (χ4v) is 5.44. The van der Waals surface area contributed by atoms with Crippen molar-refractivity contribution in [2.24, 2.45) is 0 Å².